The predicted molar refractivity (Wildman–Crippen MR) is 126 cm³/mol. The molecule has 2 aliphatic heterocycles. The molecule has 9 nitrogen and oxygen atoms in total. The molecule has 3 aromatic heterocycles. The van der Waals surface area contributed by atoms with Crippen molar-refractivity contribution < 1.29 is 9.21 Å². The number of aromatic nitrogens is 4. The number of rotatable bonds is 5. The maximum Gasteiger partial charge on any atom is 0.230 e. The van der Waals surface area contributed by atoms with Gasteiger partial charge < -0.3 is 19.5 Å². The zero-order valence-corrected chi connectivity index (χ0v) is 18.9. The van der Waals surface area contributed by atoms with Crippen molar-refractivity contribution in [2.45, 2.75) is 32.6 Å². The Bertz CT molecular complexity index is 1060. The van der Waals surface area contributed by atoms with Crippen molar-refractivity contribution in [3.63, 3.8) is 0 Å². The van der Waals surface area contributed by atoms with E-state index in [0.29, 0.717) is 23.8 Å². The first-order valence-corrected chi connectivity index (χ1v) is 11.7. The van der Waals surface area contributed by atoms with Crippen molar-refractivity contribution in [1.29, 1.82) is 0 Å². The first kappa shape index (κ1) is 21.4. The molecule has 0 bridgehead atoms. The van der Waals surface area contributed by atoms with Crippen molar-refractivity contribution in [3.8, 4) is 11.5 Å². The number of hydrogen-bond acceptors (Lipinski definition) is 8. The number of carbonyl (C=O) groups is 1. The van der Waals surface area contributed by atoms with Crippen molar-refractivity contribution in [2.24, 2.45) is 11.8 Å². The maximum atomic E-state index is 13.0. The molecule has 5 rings (SSSR count). The van der Waals surface area contributed by atoms with E-state index in [-0.39, 0.29) is 11.8 Å². The Labute approximate surface area is 193 Å². The van der Waals surface area contributed by atoms with Gasteiger partial charge in [0.1, 0.15) is 23.7 Å². The van der Waals surface area contributed by atoms with E-state index in [1.54, 1.807) is 6.26 Å². The summed E-state index contributed by atoms with van der Waals surface area (Å²) in [5.74, 6) is 3.49. The number of furan rings is 1. The van der Waals surface area contributed by atoms with Gasteiger partial charge >= 0.3 is 0 Å². The summed E-state index contributed by atoms with van der Waals surface area (Å²) in [7, 11) is 0. The molecule has 0 aromatic carbocycles. The van der Waals surface area contributed by atoms with Crippen LogP contribution in [0.25, 0.3) is 11.5 Å². The Hall–Kier alpha value is -3.49. The number of hydrogen-bond donors (Lipinski definition) is 1. The van der Waals surface area contributed by atoms with Gasteiger partial charge in [-0.1, -0.05) is 6.92 Å². The number of amides is 1. The first-order chi connectivity index (χ1) is 16.2. The average molecular weight is 448 g/mol. The normalized spacial score (nSPS) is 19.5. The molecule has 172 valence electrons. The monoisotopic (exact) mass is 447 g/mol. The maximum absolute atomic E-state index is 13.0. The highest BCUT2D eigenvalue weighted by atomic mass is 16.3. The summed E-state index contributed by atoms with van der Waals surface area (Å²) in [6, 6.07) is 9.39. The molecule has 1 unspecified atom stereocenters. The van der Waals surface area contributed by atoms with Crippen LogP contribution >= 0.6 is 0 Å². The molecule has 3 aromatic rings. The lowest BCUT2D eigenvalue weighted by atomic mass is 9.97. The van der Waals surface area contributed by atoms with Crippen molar-refractivity contribution in [2.75, 3.05) is 41.3 Å². The van der Waals surface area contributed by atoms with Gasteiger partial charge in [-0.15, -0.1) is 10.2 Å². The third-order valence-electron chi connectivity index (χ3n) is 6.55. The number of nitrogens with one attached hydrogen (secondary N) is 1. The molecule has 0 spiro atoms. The standard InChI is InChI=1S/C24H29N7O2/c1-17-8-11-30(12-9-17)23-14-21(25-16-26-23)27-24(32)18-4-2-10-31(15-18)22-7-6-19(28-29-22)20-5-3-13-33-20/h3,5-7,13-14,16-18H,2,4,8-12,15H2,1H3,(H,25,26,27,32). The van der Waals surface area contributed by atoms with Crippen LogP contribution in [0.2, 0.25) is 0 Å². The molecule has 1 N–H and O–H groups in total. The van der Waals surface area contributed by atoms with Gasteiger partial charge in [-0.3, -0.25) is 4.79 Å². The van der Waals surface area contributed by atoms with Gasteiger partial charge in [0.05, 0.1) is 12.2 Å². The average Bonchev–Trinajstić information content (AvgIpc) is 3.40. The van der Waals surface area contributed by atoms with E-state index in [9.17, 15) is 4.79 Å². The van der Waals surface area contributed by atoms with Gasteiger partial charge in [-0.2, -0.15) is 0 Å². The van der Waals surface area contributed by atoms with E-state index in [2.05, 4.69) is 42.2 Å². The van der Waals surface area contributed by atoms with Crippen LogP contribution in [0.3, 0.4) is 0 Å². The van der Waals surface area contributed by atoms with Crippen LogP contribution in [0.4, 0.5) is 17.5 Å². The fourth-order valence-electron chi connectivity index (χ4n) is 4.50. The van der Waals surface area contributed by atoms with E-state index in [1.165, 1.54) is 6.33 Å². The third kappa shape index (κ3) is 4.97. The van der Waals surface area contributed by atoms with Crippen LogP contribution in [0.5, 0.6) is 0 Å². The highest BCUT2D eigenvalue weighted by Gasteiger charge is 2.27. The Morgan fingerprint density at radius 1 is 1.03 bits per heavy atom. The zero-order chi connectivity index (χ0) is 22.6. The van der Waals surface area contributed by atoms with Crippen LogP contribution in [-0.4, -0.2) is 52.3 Å². The van der Waals surface area contributed by atoms with Gasteiger partial charge in [0.2, 0.25) is 5.91 Å². The molecular weight excluding hydrogens is 418 g/mol. The van der Waals surface area contributed by atoms with Gasteiger partial charge in [-0.05, 0) is 55.9 Å². The Kier molecular flexibility index (Phi) is 6.19. The second-order valence-corrected chi connectivity index (χ2v) is 8.96. The molecule has 9 heteroatoms. The Morgan fingerprint density at radius 3 is 2.67 bits per heavy atom. The van der Waals surface area contributed by atoms with E-state index in [4.69, 9.17) is 4.42 Å². The minimum atomic E-state index is -0.139. The minimum Gasteiger partial charge on any atom is -0.463 e. The van der Waals surface area contributed by atoms with Crippen molar-refractivity contribution in [1.82, 2.24) is 20.2 Å². The molecule has 33 heavy (non-hydrogen) atoms. The quantitative estimate of drug-likeness (QED) is 0.633. The largest absolute Gasteiger partial charge is 0.463 e. The summed E-state index contributed by atoms with van der Waals surface area (Å²) in [5, 5.41) is 11.7. The summed E-state index contributed by atoms with van der Waals surface area (Å²) in [5.41, 5.74) is 0.692. The summed E-state index contributed by atoms with van der Waals surface area (Å²) in [6.45, 7) is 5.72. The highest BCUT2D eigenvalue weighted by Crippen LogP contribution is 2.26. The number of piperidine rings is 2. The van der Waals surface area contributed by atoms with Gasteiger partial charge in [0.15, 0.2) is 11.6 Å². The molecular formula is C24H29N7O2. The number of nitrogens with zero attached hydrogens (tertiary/aromatic N) is 6. The van der Waals surface area contributed by atoms with E-state index < -0.39 is 0 Å². The number of carbonyl (C=O) groups excluding carboxylic acids is 1. The first-order valence-electron chi connectivity index (χ1n) is 11.7. The lowest BCUT2D eigenvalue weighted by molar-refractivity contribution is -0.120. The summed E-state index contributed by atoms with van der Waals surface area (Å²) < 4.78 is 5.38. The fraction of sp³-hybridized carbons (Fsp3) is 0.458. The smallest absolute Gasteiger partial charge is 0.230 e. The summed E-state index contributed by atoms with van der Waals surface area (Å²) >= 11 is 0. The minimum absolute atomic E-state index is 0.0169. The SMILES string of the molecule is CC1CCN(c2cc(NC(=O)C3CCCN(c4ccc(-c5ccco5)nn4)C3)ncn2)CC1. The summed E-state index contributed by atoms with van der Waals surface area (Å²) in [6.07, 6.45) is 7.23. The Morgan fingerprint density at radius 2 is 1.91 bits per heavy atom. The zero-order valence-electron chi connectivity index (χ0n) is 18.9. The lowest BCUT2D eigenvalue weighted by Crippen LogP contribution is -2.41. The topological polar surface area (TPSA) is 100 Å². The van der Waals surface area contributed by atoms with Crippen LogP contribution in [-0.2, 0) is 4.79 Å². The molecule has 0 aliphatic carbocycles. The van der Waals surface area contributed by atoms with E-state index in [1.807, 2.05) is 30.3 Å². The van der Waals surface area contributed by atoms with Crippen LogP contribution in [0.15, 0.2) is 47.3 Å². The highest BCUT2D eigenvalue weighted by molar-refractivity contribution is 5.92. The molecule has 0 saturated carbocycles. The van der Waals surface area contributed by atoms with E-state index >= 15 is 0 Å². The molecule has 2 saturated heterocycles. The van der Waals surface area contributed by atoms with E-state index in [0.717, 1.165) is 62.9 Å². The van der Waals surface area contributed by atoms with Crippen molar-refractivity contribution in [3.05, 3.63) is 42.9 Å². The van der Waals surface area contributed by atoms with Crippen LogP contribution < -0.4 is 15.1 Å². The molecule has 1 atom stereocenters. The van der Waals surface area contributed by atoms with Crippen molar-refractivity contribution >= 4 is 23.4 Å². The molecule has 0 radical (unpaired) electrons. The molecule has 1 amide bonds. The van der Waals surface area contributed by atoms with Gasteiger partial charge in [0.25, 0.3) is 0 Å². The second kappa shape index (κ2) is 9.56. The summed E-state index contributed by atoms with van der Waals surface area (Å²) in [4.78, 5) is 26.1. The fourth-order valence-corrected chi connectivity index (χ4v) is 4.50. The third-order valence-corrected chi connectivity index (χ3v) is 6.55. The van der Waals surface area contributed by atoms with Gasteiger partial charge in [0, 0.05) is 32.2 Å². The van der Waals surface area contributed by atoms with Crippen LogP contribution in [0.1, 0.15) is 32.6 Å². The second-order valence-electron chi connectivity index (χ2n) is 8.96. The number of anilines is 3. The van der Waals surface area contributed by atoms with Gasteiger partial charge in [-0.25, -0.2) is 9.97 Å². The molecule has 5 heterocycles. The Balaban J connectivity index is 1.21. The molecule has 2 fully saturated rings. The molecule has 2 aliphatic rings. The van der Waals surface area contributed by atoms with Crippen LogP contribution in [0, 0.1) is 11.8 Å². The lowest BCUT2D eigenvalue weighted by Gasteiger charge is -2.32. The predicted octanol–water partition coefficient (Wildman–Crippen LogP) is 3.62.